The van der Waals surface area contributed by atoms with Gasteiger partial charge < -0.3 is 14.6 Å². The molecule has 0 radical (unpaired) electrons. The van der Waals surface area contributed by atoms with E-state index in [1.807, 2.05) is 0 Å². The first kappa shape index (κ1) is 28.2. The molecule has 0 saturated carbocycles. The van der Waals surface area contributed by atoms with Crippen molar-refractivity contribution < 1.29 is 41.0 Å². The number of hydrogen-bond donors (Lipinski definition) is 1. The van der Waals surface area contributed by atoms with E-state index in [0.29, 0.717) is 6.07 Å². The lowest BCUT2D eigenvalue weighted by molar-refractivity contribution is -0.163. The monoisotopic (exact) mass is 549 g/mol. The highest BCUT2D eigenvalue weighted by molar-refractivity contribution is 7.89. The maximum Gasteiger partial charge on any atom is 0.417 e. The molecule has 1 aliphatic rings. The minimum Gasteiger partial charge on any atom is -0.478 e. The van der Waals surface area contributed by atoms with Crippen LogP contribution in [-0.2, 0) is 25.7 Å². The van der Waals surface area contributed by atoms with Gasteiger partial charge in [0.25, 0.3) is 0 Å². The first-order valence-electron chi connectivity index (χ1n) is 11.0. The number of ether oxygens (including phenoxy) is 2. The molecule has 2 aromatic carbocycles. The van der Waals surface area contributed by atoms with Crippen LogP contribution in [0, 0.1) is 5.41 Å². The molecule has 0 spiro atoms. The van der Waals surface area contributed by atoms with E-state index in [1.54, 1.807) is 20.8 Å². The van der Waals surface area contributed by atoms with Crippen molar-refractivity contribution in [2.45, 2.75) is 44.4 Å². The first-order valence-corrected chi connectivity index (χ1v) is 12.8. The molecule has 0 aromatic heterocycles. The summed E-state index contributed by atoms with van der Waals surface area (Å²) in [5, 5.41) is 10.0. The van der Waals surface area contributed by atoms with E-state index < -0.39 is 43.6 Å². The summed E-state index contributed by atoms with van der Waals surface area (Å²) in [6.45, 7) is 6.38. The average molecular weight is 550 g/mol. The van der Waals surface area contributed by atoms with E-state index >= 15 is 0 Å². The molecule has 36 heavy (non-hydrogen) atoms. The molecule has 12 heteroatoms. The summed E-state index contributed by atoms with van der Waals surface area (Å²) in [6.07, 6.45) is -4.99. The van der Waals surface area contributed by atoms with Crippen molar-refractivity contribution in [1.82, 2.24) is 4.31 Å². The third-order valence-corrected chi connectivity index (χ3v) is 8.47. The number of carboxylic acid groups (broad SMARTS) is 1. The topological polar surface area (TPSA) is 93.1 Å². The smallest absolute Gasteiger partial charge is 0.417 e. The molecule has 7 nitrogen and oxygen atoms in total. The van der Waals surface area contributed by atoms with E-state index in [4.69, 9.17) is 21.1 Å². The molecule has 0 amide bonds. The van der Waals surface area contributed by atoms with Crippen LogP contribution in [-0.4, -0.2) is 55.7 Å². The predicted octanol–water partition coefficient (Wildman–Crippen LogP) is 5.31. The number of carbonyl (C=O) groups is 1. The zero-order valence-corrected chi connectivity index (χ0v) is 21.7. The van der Waals surface area contributed by atoms with Gasteiger partial charge in [-0.2, -0.15) is 17.5 Å². The number of nitrogens with zero attached hydrogens (tertiary/aromatic N) is 1. The fourth-order valence-electron chi connectivity index (χ4n) is 3.62. The van der Waals surface area contributed by atoms with Gasteiger partial charge in [-0.15, -0.1) is 0 Å². The van der Waals surface area contributed by atoms with E-state index in [0.717, 1.165) is 10.4 Å². The second-order valence-electron chi connectivity index (χ2n) is 9.56. The van der Waals surface area contributed by atoms with Gasteiger partial charge in [-0.05, 0) is 42.8 Å². The molecule has 1 aliphatic heterocycles. The Morgan fingerprint density at radius 2 is 1.67 bits per heavy atom. The molecule has 1 fully saturated rings. The van der Waals surface area contributed by atoms with Crippen LogP contribution in [0.1, 0.15) is 33.3 Å². The lowest BCUT2D eigenvalue weighted by atomic mass is 9.77. The fraction of sp³-hybridized carbons (Fsp3) is 0.458. The van der Waals surface area contributed by atoms with Crippen LogP contribution in [0.4, 0.5) is 13.2 Å². The van der Waals surface area contributed by atoms with Crippen molar-refractivity contribution in [2.75, 3.05) is 26.3 Å². The van der Waals surface area contributed by atoms with Crippen molar-refractivity contribution in [3.63, 3.8) is 0 Å². The van der Waals surface area contributed by atoms with Gasteiger partial charge in [0, 0.05) is 29.1 Å². The van der Waals surface area contributed by atoms with E-state index in [9.17, 15) is 31.5 Å². The number of halogens is 4. The Morgan fingerprint density at radius 3 is 2.19 bits per heavy atom. The van der Waals surface area contributed by atoms with Gasteiger partial charge in [-0.1, -0.05) is 38.4 Å². The molecule has 1 atom stereocenters. The fourth-order valence-corrected chi connectivity index (χ4v) is 5.40. The van der Waals surface area contributed by atoms with E-state index in [-0.39, 0.29) is 48.2 Å². The highest BCUT2D eigenvalue weighted by Gasteiger charge is 2.48. The minimum atomic E-state index is -4.99. The normalized spacial score (nSPS) is 17.4. The lowest BCUT2D eigenvalue weighted by Crippen LogP contribution is -2.52. The van der Waals surface area contributed by atoms with Gasteiger partial charge in [-0.3, -0.25) is 0 Å². The zero-order valence-electron chi connectivity index (χ0n) is 20.1. The molecular formula is C24H27ClF3NO6S. The Kier molecular flexibility index (Phi) is 7.72. The molecular weight excluding hydrogens is 523 g/mol. The largest absolute Gasteiger partial charge is 0.478 e. The summed E-state index contributed by atoms with van der Waals surface area (Å²) < 4.78 is 80.4. The summed E-state index contributed by atoms with van der Waals surface area (Å²) in [6, 6.07) is 6.96. The van der Waals surface area contributed by atoms with Gasteiger partial charge in [0.15, 0.2) is 0 Å². The third-order valence-electron chi connectivity index (χ3n) is 6.28. The molecule has 1 saturated heterocycles. The van der Waals surface area contributed by atoms with Crippen LogP contribution in [0.5, 0.6) is 5.75 Å². The molecule has 1 heterocycles. The van der Waals surface area contributed by atoms with Crippen LogP contribution >= 0.6 is 11.6 Å². The molecule has 0 aliphatic carbocycles. The summed E-state index contributed by atoms with van der Waals surface area (Å²) in [5.74, 6) is -1.28. The number of sulfonamides is 1. The quantitative estimate of drug-likeness (QED) is 0.524. The number of hydrogen-bond acceptors (Lipinski definition) is 5. The number of carboxylic acids is 1. The molecule has 198 valence electrons. The maximum absolute atomic E-state index is 14.1. The van der Waals surface area contributed by atoms with Crippen LogP contribution in [0.25, 0.3) is 11.1 Å². The number of aliphatic carboxylic acids is 1. The summed E-state index contributed by atoms with van der Waals surface area (Å²) in [7, 11) is -4.45. The highest BCUT2D eigenvalue weighted by Crippen LogP contribution is 2.43. The van der Waals surface area contributed by atoms with Gasteiger partial charge in [0.05, 0.1) is 23.7 Å². The van der Waals surface area contributed by atoms with Crippen LogP contribution in [0.2, 0.25) is 5.02 Å². The molecule has 2 aromatic rings. The van der Waals surface area contributed by atoms with E-state index in [2.05, 4.69) is 0 Å². The Morgan fingerprint density at radius 1 is 1.06 bits per heavy atom. The minimum absolute atomic E-state index is 0.0175. The predicted molar refractivity (Wildman–Crippen MR) is 128 cm³/mol. The Balaban J connectivity index is 2.18. The maximum atomic E-state index is 14.1. The Hall–Kier alpha value is -2.34. The summed E-state index contributed by atoms with van der Waals surface area (Å²) in [5.41, 5.74) is -3.96. The van der Waals surface area contributed by atoms with Gasteiger partial charge >= 0.3 is 12.1 Å². The van der Waals surface area contributed by atoms with Gasteiger partial charge in [0.2, 0.25) is 15.6 Å². The Bertz CT molecular complexity index is 1250. The number of alkyl halides is 3. The Labute approximate surface area is 212 Å². The highest BCUT2D eigenvalue weighted by atomic mass is 35.5. The summed E-state index contributed by atoms with van der Waals surface area (Å²) >= 11 is 6.12. The number of rotatable bonds is 6. The second kappa shape index (κ2) is 9.85. The SMILES string of the molecule is CC(C)(C)[C@](C)(Oc1ccc(Cl)cc1-c1ccc(S(=O)(=O)N2CCOCC2)c(C(F)(F)F)c1)C(=O)O. The molecule has 3 rings (SSSR count). The van der Waals surface area contributed by atoms with Crippen LogP contribution < -0.4 is 4.74 Å². The first-order chi connectivity index (χ1) is 16.5. The van der Waals surface area contributed by atoms with Gasteiger partial charge in [-0.25, -0.2) is 13.2 Å². The van der Waals surface area contributed by atoms with E-state index in [1.165, 1.54) is 31.2 Å². The van der Waals surface area contributed by atoms with Crippen molar-refractivity contribution >= 4 is 27.6 Å². The second-order valence-corrected chi connectivity index (χ2v) is 11.9. The number of morpholine rings is 1. The van der Waals surface area contributed by atoms with Crippen LogP contribution in [0.15, 0.2) is 41.3 Å². The number of benzene rings is 2. The third kappa shape index (κ3) is 5.49. The molecule has 0 bridgehead atoms. The molecule has 1 N–H and O–H groups in total. The zero-order chi connectivity index (χ0) is 27.1. The average Bonchev–Trinajstić information content (AvgIpc) is 2.79. The standard InChI is InChI=1S/C24H27ClF3NO6S/c1-22(2,3)23(4,21(30)31)35-19-7-6-16(25)14-17(19)15-5-8-20(18(13-15)24(26,27)28)36(32,33)29-9-11-34-12-10-29/h5-8,13-14H,9-12H2,1-4H3,(H,30,31)/t23-/m1/s1. The van der Waals surface area contributed by atoms with Crippen LogP contribution in [0.3, 0.4) is 0 Å². The van der Waals surface area contributed by atoms with Crippen molar-refractivity contribution in [2.24, 2.45) is 5.41 Å². The molecule has 0 unspecified atom stereocenters. The van der Waals surface area contributed by atoms with Crippen molar-refractivity contribution in [1.29, 1.82) is 0 Å². The summed E-state index contributed by atoms with van der Waals surface area (Å²) in [4.78, 5) is 11.2. The van der Waals surface area contributed by atoms with Crippen molar-refractivity contribution in [3.05, 3.63) is 47.0 Å². The lowest BCUT2D eigenvalue weighted by Gasteiger charge is -2.38. The van der Waals surface area contributed by atoms with Crippen molar-refractivity contribution in [3.8, 4) is 16.9 Å². The van der Waals surface area contributed by atoms with Gasteiger partial charge in [0.1, 0.15) is 5.75 Å².